The second-order valence-electron chi connectivity index (χ2n) is 4.35. The Bertz CT molecular complexity index is 852. The molecule has 0 aliphatic rings. The van der Waals surface area contributed by atoms with Gasteiger partial charge in [-0.3, -0.25) is 0 Å². The molecule has 0 saturated heterocycles. The van der Waals surface area contributed by atoms with Crippen LogP contribution in [0.3, 0.4) is 0 Å². The lowest BCUT2D eigenvalue weighted by Gasteiger charge is -2.12. The number of hydrogen-bond acceptors (Lipinski definition) is 4. The van der Waals surface area contributed by atoms with E-state index in [0.717, 1.165) is 0 Å². The van der Waals surface area contributed by atoms with Crippen LogP contribution in [0.15, 0.2) is 36.7 Å². The molecule has 0 radical (unpaired) electrons. The molecule has 2 aromatic heterocycles. The number of H-pyrrole nitrogens is 1. The highest BCUT2D eigenvalue weighted by Gasteiger charge is 2.16. The van der Waals surface area contributed by atoms with Gasteiger partial charge in [0.15, 0.2) is 11.6 Å². The third-order valence-electron chi connectivity index (χ3n) is 3.09. The minimum atomic E-state index is -0.593. The summed E-state index contributed by atoms with van der Waals surface area (Å²) in [6.07, 6.45) is 3.06. The van der Waals surface area contributed by atoms with Gasteiger partial charge in [-0.15, -0.1) is 0 Å². The SMILES string of the molecule is N#Cc1cc(Oc2c(F)cc3[nH]ccc3c2CO)ccn1. The van der Waals surface area contributed by atoms with Crippen LogP contribution in [0, 0.1) is 17.1 Å². The Labute approximate surface area is 119 Å². The van der Waals surface area contributed by atoms with E-state index in [0.29, 0.717) is 16.5 Å². The van der Waals surface area contributed by atoms with Crippen molar-refractivity contribution in [2.75, 3.05) is 0 Å². The van der Waals surface area contributed by atoms with E-state index in [9.17, 15) is 9.50 Å². The number of nitrogens with one attached hydrogen (secondary N) is 1. The van der Waals surface area contributed by atoms with E-state index in [-0.39, 0.29) is 23.8 Å². The third kappa shape index (κ3) is 2.30. The van der Waals surface area contributed by atoms with Crippen molar-refractivity contribution < 1.29 is 14.2 Å². The van der Waals surface area contributed by atoms with Crippen LogP contribution in [-0.4, -0.2) is 15.1 Å². The Morgan fingerprint density at radius 3 is 3.00 bits per heavy atom. The van der Waals surface area contributed by atoms with Crippen molar-refractivity contribution in [1.82, 2.24) is 9.97 Å². The van der Waals surface area contributed by atoms with E-state index < -0.39 is 5.82 Å². The molecule has 0 spiro atoms. The largest absolute Gasteiger partial charge is 0.454 e. The molecule has 0 amide bonds. The highest BCUT2D eigenvalue weighted by molar-refractivity contribution is 5.85. The number of aromatic amines is 1. The van der Waals surface area contributed by atoms with Crippen molar-refractivity contribution in [3.05, 3.63) is 53.7 Å². The molecule has 0 aliphatic heterocycles. The van der Waals surface area contributed by atoms with Gasteiger partial charge in [0.1, 0.15) is 17.5 Å². The number of benzene rings is 1. The van der Waals surface area contributed by atoms with Crippen LogP contribution >= 0.6 is 0 Å². The van der Waals surface area contributed by atoms with Gasteiger partial charge in [-0.25, -0.2) is 9.37 Å². The number of aromatic nitrogens is 2. The lowest BCUT2D eigenvalue weighted by molar-refractivity contribution is 0.276. The van der Waals surface area contributed by atoms with E-state index in [1.54, 1.807) is 12.3 Å². The number of aliphatic hydroxyl groups excluding tert-OH is 1. The quantitative estimate of drug-likeness (QED) is 0.774. The smallest absolute Gasteiger partial charge is 0.169 e. The number of aliphatic hydroxyl groups is 1. The second-order valence-corrected chi connectivity index (χ2v) is 4.35. The summed E-state index contributed by atoms with van der Waals surface area (Å²) in [5, 5.41) is 19.0. The zero-order valence-electron chi connectivity index (χ0n) is 10.8. The first-order valence-corrected chi connectivity index (χ1v) is 6.16. The molecule has 0 unspecified atom stereocenters. The molecule has 0 fully saturated rings. The van der Waals surface area contributed by atoms with Crippen LogP contribution in [0.1, 0.15) is 11.3 Å². The van der Waals surface area contributed by atoms with Crippen molar-refractivity contribution in [1.29, 1.82) is 5.26 Å². The molecule has 104 valence electrons. The molecule has 6 heteroatoms. The lowest BCUT2D eigenvalue weighted by Crippen LogP contribution is -1.97. The fourth-order valence-electron chi connectivity index (χ4n) is 2.14. The standard InChI is InChI=1S/C15H10FN3O2/c16-13-6-14-11(2-4-19-14)12(8-20)15(13)21-10-1-3-18-9(5-10)7-17/h1-6,19-20H,8H2. The summed E-state index contributed by atoms with van der Waals surface area (Å²) in [4.78, 5) is 6.70. The van der Waals surface area contributed by atoms with E-state index in [1.165, 1.54) is 24.4 Å². The number of halogens is 1. The zero-order valence-corrected chi connectivity index (χ0v) is 10.8. The zero-order chi connectivity index (χ0) is 14.8. The van der Waals surface area contributed by atoms with Crippen molar-refractivity contribution in [2.45, 2.75) is 6.61 Å². The van der Waals surface area contributed by atoms with Gasteiger partial charge < -0.3 is 14.8 Å². The van der Waals surface area contributed by atoms with Gasteiger partial charge in [-0.2, -0.15) is 5.26 Å². The summed E-state index contributed by atoms with van der Waals surface area (Å²) in [5.41, 5.74) is 1.10. The van der Waals surface area contributed by atoms with Gasteiger partial charge in [0, 0.05) is 41.0 Å². The number of nitriles is 1. The topological polar surface area (TPSA) is 81.9 Å². The molecule has 0 aliphatic carbocycles. The van der Waals surface area contributed by atoms with Crippen LogP contribution in [-0.2, 0) is 6.61 Å². The predicted molar refractivity (Wildman–Crippen MR) is 73.2 cm³/mol. The molecule has 21 heavy (non-hydrogen) atoms. The highest BCUT2D eigenvalue weighted by Crippen LogP contribution is 2.34. The van der Waals surface area contributed by atoms with Gasteiger partial charge in [0.2, 0.25) is 0 Å². The minimum absolute atomic E-state index is 0.0558. The first kappa shape index (κ1) is 13.1. The molecular formula is C15H10FN3O2. The Hall–Kier alpha value is -2.91. The maximum atomic E-state index is 14.2. The maximum Gasteiger partial charge on any atom is 0.169 e. The van der Waals surface area contributed by atoms with Crippen molar-refractivity contribution >= 4 is 10.9 Å². The normalized spacial score (nSPS) is 10.5. The number of ether oxygens (including phenoxy) is 1. The van der Waals surface area contributed by atoms with Gasteiger partial charge in [-0.1, -0.05) is 0 Å². The minimum Gasteiger partial charge on any atom is -0.454 e. The average Bonchev–Trinajstić information content (AvgIpc) is 2.96. The molecular weight excluding hydrogens is 273 g/mol. The Morgan fingerprint density at radius 2 is 2.24 bits per heavy atom. The predicted octanol–water partition coefficient (Wildman–Crippen LogP) is 2.86. The third-order valence-corrected chi connectivity index (χ3v) is 3.09. The number of fused-ring (bicyclic) bond motifs is 1. The molecule has 1 aromatic carbocycles. The Kier molecular flexibility index (Phi) is 3.26. The van der Waals surface area contributed by atoms with Crippen LogP contribution in [0.2, 0.25) is 0 Å². The fourth-order valence-corrected chi connectivity index (χ4v) is 2.14. The number of pyridine rings is 1. The summed E-state index contributed by atoms with van der Waals surface area (Å²) in [5.74, 6) is -0.367. The molecule has 5 nitrogen and oxygen atoms in total. The molecule has 3 rings (SSSR count). The molecule has 0 bridgehead atoms. The van der Waals surface area contributed by atoms with Crippen molar-refractivity contribution in [2.24, 2.45) is 0 Å². The molecule has 2 heterocycles. The summed E-state index contributed by atoms with van der Waals surface area (Å²) in [6, 6.07) is 7.84. The number of nitrogens with zero attached hydrogens (tertiary/aromatic N) is 2. The van der Waals surface area contributed by atoms with Crippen LogP contribution < -0.4 is 4.74 Å². The fraction of sp³-hybridized carbons (Fsp3) is 0.0667. The number of rotatable bonds is 3. The Balaban J connectivity index is 2.11. The van der Waals surface area contributed by atoms with E-state index >= 15 is 0 Å². The van der Waals surface area contributed by atoms with Crippen LogP contribution in [0.4, 0.5) is 4.39 Å². The molecule has 2 N–H and O–H groups in total. The van der Waals surface area contributed by atoms with Crippen LogP contribution in [0.5, 0.6) is 11.5 Å². The van der Waals surface area contributed by atoms with E-state index in [2.05, 4.69) is 9.97 Å². The monoisotopic (exact) mass is 283 g/mol. The first-order chi connectivity index (χ1) is 10.2. The first-order valence-electron chi connectivity index (χ1n) is 6.16. The summed E-state index contributed by atoms with van der Waals surface area (Å²) < 4.78 is 19.7. The van der Waals surface area contributed by atoms with Crippen LogP contribution in [0.25, 0.3) is 10.9 Å². The molecule has 0 atom stereocenters. The average molecular weight is 283 g/mol. The molecule has 3 aromatic rings. The number of hydrogen-bond donors (Lipinski definition) is 2. The van der Waals surface area contributed by atoms with Crippen molar-refractivity contribution in [3.63, 3.8) is 0 Å². The highest BCUT2D eigenvalue weighted by atomic mass is 19.1. The lowest BCUT2D eigenvalue weighted by atomic mass is 10.1. The molecule has 0 saturated carbocycles. The maximum absolute atomic E-state index is 14.2. The second kappa shape index (κ2) is 5.23. The van der Waals surface area contributed by atoms with E-state index in [4.69, 9.17) is 10.00 Å². The summed E-state index contributed by atoms with van der Waals surface area (Å²) >= 11 is 0. The van der Waals surface area contributed by atoms with Gasteiger partial charge in [0.05, 0.1) is 6.61 Å². The van der Waals surface area contributed by atoms with E-state index in [1.807, 2.05) is 6.07 Å². The van der Waals surface area contributed by atoms with Gasteiger partial charge in [0.25, 0.3) is 0 Å². The summed E-state index contributed by atoms with van der Waals surface area (Å²) in [7, 11) is 0. The summed E-state index contributed by atoms with van der Waals surface area (Å²) in [6.45, 7) is -0.363. The Morgan fingerprint density at radius 1 is 1.38 bits per heavy atom. The van der Waals surface area contributed by atoms with Crippen molar-refractivity contribution in [3.8, 4) is 17.6 Å². The van der Waals surface area contributed by atoms with Gasteiger partial charge >= 0.3 is 0 Å². The van der Waals surface area contributed by atoms with Gasteiger partial charge in [-0.05, 0) is 12.1 Å².